The highest BCUT2D eigenvalue weighted by Crippen LogP contribution is 2.81. The fourth-order valence-corrected chi connectivity index (χ4v) is 5.49. The highest BCUT2D eigenvalue weighted by atomic mass is 16.6. The van der Waals surface area contributed by atoms with E-state index in [2.05, 4.69) is 0 Å². The minimum atomic E-state index is -0.620. The molecule has 4 aliphatic rings. The quantitative estimate of drug-likeness (QED) is 0.614. The summed E-state index contributed by atoms with van der Waals surface area (Å²) in [4.78, 5) is 20.7. The Morgan fingerprint density at radius 2 is 1.78 bits per heavy atom. The number of nitrogens with zero attached hydrogens (tertiary/aromatic N) is 2. The van der Waals surface area contributed by atoms with Crippen LogP contribution in [0.1, 0.15) is 18.4 Å². The first-order valence-corrected chi connectivity index (χ1v) is 8.09. The highest BCUT2D eigenvalue weighted by molar-refractivity contribution is 5.48. The predicted molar refractivity (Wildman–Crippen MR) is 78.5 cm³/mol. The monoisotopic (exact) mass is 316 g/mol. The van der Waals surface area contributed by atoms with Crippen molar-refractivity contribution in [1.82, 2.24) is 0 Å². The van der Waals surface area contributed by atoms with Gasteiger partial charge in [0.15, 0.2) is 0 Å². The van der Waals surface area contributed by atoms with Crippen LogP contribution >= 0.6 is 0 Å². The van der Waals surface area contributed by atoms with Crippen molar-refractivity contribution in [2.45, 2.75) is 25.6 Å². The number of hydrogen-bond acceptors (Lipinski definition) is 5. The summed E-state index contributed by atoms with van der Waals surface area (Å²) in [5, 5.41) is 21.9. The number of nitro benzene ring substituents is 2. The molecule has 0 aromatic heterocycles. The third kappa shape index (κ3) is 1.68. The van der Waals surface area contributed by atoms with Crippen molar-refractivity contribution >= 4 is 11.4 Å². The summed E-state index contributed by atoms with van der Waals surface area (Å²) < 4.78 is 5.93. The van der Waals surface area contributed by atoms with Crippen LogP contribution in [0.5, 0.6) is 0 Å². The van der Waals surface area contributed by atoms with E-state index in [9.17, 15) is 20.2 Å². The molecule has 23 heavy (non-hydrogen) atoms. The minimum absolute atomic E-state index is 0.160. The molecule has 7 atom stereocenters. The van der Waals surface area contributed by atoms with Crippen molar-refractivity contribution in [2.75, 3.05) is 0 Å². The molecule has 1 aromatic rings. The molecule has 0 unspecified atom stereocenters. The van der Waals surface area contributed by atoms with Crippen LogP contribution in [0.3, 0.4) is 0 Å². The Morgan fingerprint density at radius 3 is 2.52 bits per heavy atom. The Hall–Kier alpha value is -2.02. The van der Waals surface area contributed by atoms with Crippen molar-refractivity contribution in [2.24, 2.45) is 35.5 Å². The van der Waals surface area contributed by atoms with Gasteiger partial charge in [0.2, 0.25) is 0 Å². The standard InChI is InChI=1S/C16H16N2O5/c19-17(20)8-2-1-7(12(3-8)18(21)22)6-23-13-5-11-14-9-4-10(9)16(14)15(11)13/h1-3,9-11,13-16H,4-6H2/t9-,10-,11-,13-,14+,15-,16-/m0/s1. The zero-order valence-corrected chi connectivity index (χ0v) is 12.3. The molecule has 0 N–H and O–H groups in total. The van der Waals surface area contributed by atoms with Gasteiger partial charge in [0.25, 0.3) is 11.4 Å². The number of hydrogen-bond donors (Lipinski definition) is 0. The normalized spacial score (nSPS) is 41.3. The molecule has 7 heteroatoms. The van der Waals surface area contributed by atoms with Gasteiger partial charge in [0.1, 0.15) is 0 Å². The van der Waals surface area contributed by atoms with Gasteiger partial charge in [-0.2, -0.15) is 0 Å². The highest BCUT2D eigenvalue weighted by Gasteiger charge is 2.77. The van der Waals surface area contributed by atoms with E-state index >= 15 is 0 Å². The smallest absolute Gasteiger partial charge is 0.281 e. The van der Waals surface area contributed by atoms with E-state index < -0.39 is 9.85 Å². The molecule has 0 saturated heterocycles. The van der Waals surface area contributed by atoms with Gasteiger partial charge in [0.05, 0.1) is 34.2 Å². The Bertz CT molecular complexity index is 735. The van der Waals surface area contributed by atoms with Gasteiger partial charge in [-0.3, -0.25) is 20.2 Å². The molecule has 7 nitrogen and oxygen atoms in total. The Kier molecular flexibility index (Phi) is 2.50. The summed E-state index contributed by atoms with van der Waals surface area (Å²) in [5.74, 6) is 5.27. The summed E-state index contributed by atoms with van der Waals surface area (Å²) in [6, 6.07) is 3.76. The lowest BCUT2D eigenvalue weighted by atomic mass is 9.38. The van der Waals surface area contributed by atoms with Crippen LogP contribution < -0.4 is 0 Å². The zero-order chi connectivity index (χ0) is 15.9. The van der Waals surface area contributed by atoms with Gasteiger partial charge < -0.3 is 4.74 Å². The SMILES string of the molecule is O=[N+]([O-])c1ccc(CO[C@H]2C[C@H]3[C@H]4[C@H]5C[C@@H]5[C@@H]4[C@@H]32)c([N+](=O)[O-])c1. The van der Waals surface area contributed by atoms with Crippen molar-refractivity contribution in [3.8, 4) is 0 Å². The first-order valence-electron chi connectivity index (χ1n) is 8.09. The van der Waals surface area contributed by atoms with E-state index in [1.165, 1.54) is 18.6 Å². The van der Waals surface area contributed by atoms with E-state index in [-0.39, 0.29) is 24.1 Å². The van der Waals surface area contributed by atoms with Crippen LogP contribution in [0.4, 0.5) is 11.4 Å². The lowest BCUT2D eigenvalue weighted by Crippen LogP contribution is -2.67. The molecule has 0 amide bonds. The van der Waals surface area contributed by atoms with E-state index in [1.54, 1.807) is 0 Å². The average molecular weight is 316 g/mol. The van der Waals surface area contributed by atoms with Crippen LogP contribution in [-0.4, -0.2) is 16.0 Å². The van der Waals surface area contributed by atoms with Gasteiger partial charge in [-0.1, -0.05) is 0 Å². The number of ether oxygens (including phenoxy) is 1. The van der Waals surface area contributed by atoms with Crippen molar-refractivity contribution in [1.29, 1.82) is 0 Å². The first-order chi connectivity index (χ1) is 11.1. The third-order valence-electron chi connectivity index (χ3n) is 6.62. The van der Waals surface area contributed by atoms with E-state index in [4.69, 9.17) is 4.74 Å². The third-order valence-corrected chi connectivity index (χ3v) is 6.62. The number of nitro groups is 2. The lowest BCUT2D eigenvalue weighted by Gasteiger charge is -2.68. The maximum Gasteiger partial charge on any atom is 0.281 e. The van der Waals surface area contributed by atoms with Crippen LogP contribution in [0.25, 0.3) is 0 Å². The number of rotatable bonds is 5. The van der Waals surface area contributed by atoms with Gasteiger partial charge >= 0.3 is 0 Å². The van der Waals surface area contributed by atoms with E-state index in [0.717, 1.165) is 42.1 Å². The summed E-state index contributed by atoms with van der Waals surface area (Å²) in [6.07, 6.45) is 2.70. The number of non-ortho nitro benzene ring substituents is 1. The largest absolute Gasteiger partial charge is 0.373 e. The maximum absolute atomic E-state index is 11.1. The second kappa shape index (κ2) is 4.29. The van der Waals surface area contributed by atoms with Crippen LogP contribution in [-0.2, 0) is 11.3 Å². The average Bonchev–Trinajstić information content (AvgIpc) is 3.20. The van der Waals surface area contributed by atoms with E-state index in [0.29, 0.717) is 11.5 Å². The van der Waals surface area contributed by atoms with Gasteiger partial charge in [-0.05, 0) is 54.4 Å². The van der Waals surface area contributed by atoms with Gasteiger partial charge in [0, 0.05) is 6.07 Å². The maximum atomic E-state index is 11.1. The van der Waals surface area contributed by atoms with Crippen LogP contribution in [0.2, 0.25) is 0 Å². The minimum Gasteiger partial charge on any atom is -0.373 e. The second-order valence-corrected chi connectivity index (χ2v) is 7.37. The summed E-state index contributed by atoms with van der Waals surface area (Å²) in [7, 11) is 0. The van der Waals surface area contributed by atoms with Crippen LogP contribution in [0, 0.1) is 55.7 Å². The van der Waals surface area contributed by atoms with Crippen molar-refractivity contribution in [3.05, 3.63) is 44.0 Å². The molecule has 0 radical (unpaired) electrons. The fourth-order valence-electron chi connectivity index (χ4n) is 5.49. The fraction of sp³-hybridized carbons (Fsp3) is 0.625. The molecule has 4 aliphatic carbocycles. The van der Waals surface area contributed by atoms with E-state index in [1.807, 2.05) is 0 Å². The summed E-state index contributed by atoms with van der Waals surface area (Å²) in [6.45, 7) is 0.160. The molecule has 0 heterocycles. The summed E-state index contributed by atoms with van der Waals surface area (Å²) >= 11 is 0. The number of benzene rings is 1. The Balaban J connectivity index is 1.27. The molecule has 0 spiro atoms. The number of fused-ring (bicyclic) bond motifs is 7. The van der Waals surface area contributed by atoms with Gasteiger partial charge in [-0.25, -0.2) is 0 Å². The second-order valence-electron chi connectivity index (χ2n) is 7.37. The molecular formula is C16H16N2O5. The molecule has 5 rings (SSSR count). The molecular weight excluding hydrogens is 300 g/mol. The molecule has 4 fully saturated rings. The molecule has 0 aliphatic heterocycles. The molecule has 1 aromatic carbocycles. The molecule has 120 valence electrons. The topological polar surface area (TPSA) is 95.5 Å². The first kappa shape index (κ1) is 13.4. The van der Waals surface area contributed by atoms with Crippen molar-refractivity contribution in [3.63, 3.8) is 0 Å². The summed E-state index contributed by atoms with van der Waals surface area (Å²) in [5.41, 5.74) is -0.0782. The molecule has 4 saturated carbocycles. The zero-order valence-electron chi connectivity index (χ0n) is 12.3. The Labute approximate surface area is 131 Å². The van der Waals surface area contributed by atoms with Crippen molar-refractivity contribution < 1.29 is 14.6 Å². The van der Waals surface area contributed by atoms with Gasteiger partial charge in [-0.15, -0.1) is 0 Å². The predicted octanol–water partition coefficient (Wildman–Crippen LogP) is 2.92. The van der Waals surface area contributed by atoms with Crippen LogP contribution in [0.15, 0.2) is 18.2 Å². The molecule has 0 bridgehead atoms. The Morgan fingerprint density at radius 1 is 1.00 bits per heavy atom. The lowest BCUT2D eigenvalue weighted by molar-refractivity contribution is -0.394.